The molecule has 0 spiro atoms. The topological polar surface area (TPSA) is 87.3 Å². The van der Waals surface area contributed by atoms with Crippen molar-refractivity contribution in [3.05, 3.63) is 57.3 Å². The number of methoxy groups -OCH3 is 1. The molecule has 0 atom stereocenters. The Labute approximate surface area is 114 Å². The molecule has 0 unspecified atom stereocenters. The van der Waals surface area contributed by atoms with Crippen molar-refractivity contribution in [2.24, 2.45) is 0 Å². The molecule has 0 saturated carbocycles. The van der Waals surface area contributed by atoms with Gasteiger partial charge in [-0.3, -0.25) is 0 Å². The molecule has 0 aliphatic carbocycles. The Morgan fingerprint density at radius 2 is 2.05 bits per heavy atom. The van der Waals surface area contributed by atoms with Crippen LogP contribution in [0.25, 0.3) is 0 Å². The van der Waals surface area contributed by atoms with Crippen LogP contribution in [-0.4, -0.2) is 27.8 Å². The van der Waals surface area contributed by atoms with E-state index in [1.54, 1.807) is 0 Å². The maximum atomic E-state index is 11.6. The molecule has 7 nitrogen and oxygen atoms in total. The van der Waals surface area contributed by atoms with Crippen molar-refractivity contribution in [1.82, 2.24) is 9.78 Å². The summed E-state index contributed by atoms with van der Waals surface area (Å²) >= 11 is 0. The van der Waals surface area contributed by atoms with Crippen molar-refractivity contribution < 1.29 is 14.5 Å². The molecule has 0 fully saturated rings. The number of benzene rings is 1. The largest absolute Gasteiger partial charge is 0.464 e. The second kappa shape index (κ2) is 5.52. The van der Waals surface area contributed by atoms with E-state index in [4.69, 9.17) is 0 Å². The number of hydrogen-bond donors (Lipinski definition) is 0. The van der Waals surface area contributed by atoms with Gasteiger partial charge >= 0.3 is 11.8 Å². The lowest BCUT2D eigenvalue weighted by atomic mass is 10.1. The highest BCUT2D eigenvalue weighted by molar-refractivity contribution is 5.88. The standard InChI is InChI=1S/C13H13N3O4/c1-9-3-5-10(6-4-9)8-15-11(13(17)20-2)7-12(14-15)16(18)19/h3-7H,8H2,1-2H3. The zero-order valence-electron chi connectivity index (χ0n) is 11.1. The van der Waals surface area contributed by atoms with Crippen molar-refractivity contribution in [1.29, 1.82) is 0 Å². The number of hydrogen-bond acceptors (Lipinski definition) is 5. The lowest BCUT2D eigenvalue weighted by molar-refractivity contribution is -0.389. The Bertz CT molecular complexity index is 646. The number of carbonyl (C=O) groups is 1. The van der Waals surface area contributed by atoms with Crippen LogP contribution >= 0.6 is 0 Å². The summed E-state index contributed by atoms with van der Waals surface area (Å²) in [5.74, 6) is -1.03. The van der Waals surface area contributed by atoms with Crippen LogP contribution in [0.2, 0.25) is 0 Å². The normalized spacial score (nSPS) is 10.3. The monoisotopic (exact) mass is 275 g/mol. The average Bonchev–Trinajstić information content (AvgIpc) is 2.84. The van der Waals surface area contributed by atoms with Gasteiger partial charge in [0, 0.05) is 0 Å². The van der Waals surface area contributed by atoms with E-state index in [1.807, 2.05) is 31.2 Å². The summed E-state index contributed by atoms with van der Waals surface area (Å²) < 4.78 is 5.88. The molecule has 104 valence electrons. The first kappa shape index (κ1) is 13.7. The van der Waals surface area contributed by atoms with Crippen molar-refractivity contribution >= 4 is 11.8 Å². The van der Waals surface area contributed by atoms with Crippen LogP contribution in [0, 0.1) is 17.0 Å². The molecule has 0 radical (unpaired) electrons. The van der Waals surface area contributed by atoms with Gasteiger partial charge in [-0.15, -0.1) is 0 Å². The van der Waals surface area contributed by atoms with Crippen LogP contribution in [0.4, 0.5) is 5.82 Å². The molecular formula is C13H13N3O4. The van der Waals surface area contributed by atoms with Crippen molar-refractivity contribution in [2.45, 2.75) is 13.5 Å². The van der Waals surface area contributed by atoms with Crippen LogP contribution < -0.4 is 0 Å². The van der Waals surface area contributed by atoms with Crippen molar-refractivity contribution in [3.63, 3.8) is 0 Å². The molecule has 0 aliphatic heterocycles. The van der Waals surface area contributed by atoms with Gasteiger partial charge in [-0.1, -0.05) is 29.8 Å². The molecule has 1 aromatic heterocycles. The number of nitrogens with zero attached hydrogens (tertiary/aromatic N) is 3. The summed E-state index contributed by atoms with van der Waals surface area (Å²) in [6.45, 7) is 2.22. The molecule has 2 aromatic rings. The Hall–Kier alpha value is -2.70. The first-order valence-corrected chi connectivity index (χ1v) is 5.87. The zero-order valence-corrected chi connectivity index (χ0v) is 11.1. The highest BCUT2D eigenvalue weighted by Gasteiger charge is 2.23. The van der Waals surface area contributed by atoms with Gasteiger partial charge in [-0.05, 0) is 17.4 Å². The maximum Gasteiger partial charge on any atom is 0.390 e. The minimum Gasteiger partial charge on any atom is -0.464 e. The number of esters is 1. The van der Waals surface area contributed by atoms with Crippen LogP contribution in [0.1, 0.15) is 21.6 Å². The second-order valence-electron chi connectivity index (χ2n) is 4.28. The Morgan fingerprint density at radius 3 is 2.60 bits per heavy atom. The van der Waals surface area contributed by atoms with E-state index >= 15 is 0 Å². The summed E-state index contributed by atoms with van der Waals surface area (Å²) in [5, 5.41) is 14.6. The minimum absolute atomic E-state index is 0.0553. The Kier molecular flexibility index (Phi) is 3.79. The molecule has 0 bridgehead atoms. The van der Waals surface area contributed by atoms with Gasteiger partial charge in [-0.2, -0.15) is 4.68 Å². The third-order valence-electron chi connectivity index (χ3n) is 2.80. The maximum absolute atomic E-state index is 11.6. The number of aromatic nitrogens is 2. The molecule has 7 heteroatoms. The quantitative estimate of drug-likeness (QED) is 0.483. The van der Waals surface area contributed by atoms with Gasteiger partial charge in [0.05, 0.1) is 24.8 Å². The number of carbonyl (C=O) groups excluding carboxylic acids is 1. The molecule has 0 N–H and O–H groups in total. The Morgan fingerprint density at radius 1 is 1.40 bits per heavy atom. The third-order valence-corrected chi connectivity index (χ3v) is 2.80. The average molecular weight is 275 g/mol. The van der Waals surface area contributed by atoms with Crippen molar-refractivity contribution in [3.8, 4) is 0 Å². The lowest BCUT2D eigenvalue weighted by Crippen LogP contribution is -2.12. The summed E-state index contributed by atoms with van der Waals surface area (Å²) in [6.07, 6.45) is 0. The summed E-state index contributed by atoms with van der Waals surface area (Å²) in [7, 11) is 1.22. The van der Waals surface area contributed by atoms with Gasteiger partial charge in [0.1, 0.15) is 0 Å². The summed E-state index contributed by atoms with van der Waals surface area (Å²) in [6, 6.07) is 8.71. The fourth-order valence-corrected chi connectivity index (χ4v) is 1.75. The van der Waals surface area contributed by atoms with Crippen LogP contribution in [0.3, 0.4) is 0 Å². The SMILES string of the molecule is COC(=O)c1cc([N+](=O)[O-])nn1Cc1ccc(C)cc1. The third kappa shape index (κ3) is 2.82. The van der Waals surface area contributed by atoms with Gasteiger partial charge in [0.2, 0.25) is 0 Å². The first-order chi connectivity index (χ1) is 9.51. The fraction of sp³-hybridized carbons (Fsp3) is 0.231. The number of aryl methyl sites for hydroxylation is 1. The molecule has 20 heavy (non-hydrogen) atoms. The lowest BCUT2D eigenvalue weighted by Gasteiger charge is -2.02. The van der Waals surface area contributed by atoms with Gasteiger partial charge in [-0.25, -0.2) is 4.79 Å². The van der Waals surface area contributed by atoms with Crippen molar-refractivity contribution in [2.75, 3.05) is 7.11 Å². The second-order valence-corrected chi connectivity index (χ2v) is 4.28. The van der Waals surface area contributed by atoms with Crippen LogP contribution in [0.15, 0.2) is 30.3 Å². The predicted molar refractivity (Wildman–Crippen MR) is 70.5 cm³/mol. The van der Waals surface area contributed by atoms with Gasteiger partial charge in [0.25, 0.3) is 0 Å². The minimum atomic E-state index is -0.655. The van der Waals surface area contributed by atoms with E-state index in [0.717, 1.165) is 17.2 Å². The molecule has 1 heterocycles. The van der Waals surface area contributed by atoms with Crippen LogP contribution in [-0.2, 0) is 11.3 Å². The van der Waals surface area contributed by atoms with E-state index in [1.165, 1.54) is 11.8 Å². The molecule has 2 rings (SSSR count). The zero-order chi connectivity index (χ0) is 14.7. The molecule has 1 aromatic carbocycles. The highest BCUT2D eigenvalue weighted by atomic mass is 16.6. The van der Waals surface area contributed by atoms with E-state index < -0.39 is 10.9 Å². The van der Waals surface area contributed by atoms with Gasteiger partial charge < -0.3 is 14.9 Å². The first-order valence-electron chi connectivity index (χ1n) is 5.87. The molecule has 0 amide bonds. The van der Waals surface area contributed by atoms with E-state index in [9.17, 15) is 14.9 Å². The predicted octanol–water partition coefficient (Wildman–Crippen LogP) is 1.93. The number of ether oxygens (including phenoxy) is 1. The smallest absolute Gasteiger partial charge is 0.390 e. The van der Waals surface area contributed by atoms with Crippen LogP contribution in [0.5, 0.6) is 0 Å². The molecule has 0 saturated heterocycles. The van der Waals surface area contributed by atoms with Gasteiger partial charge in [0.15, 0.2) is 5.69 Å². The number of rotatable bonds is 4. The van der Waals surface area contributed by atoms with E-state index in [0.29, 0.717) is 0 Å². The molecular weight excluding hydrogens is 262 g/mol. The Balaban J connectivity index is 2.36. The van der Waals surface area contributed by atoms with E-state index in [-0.39, 0.29) is 18.1 Å². The fourth-order valence-electron chi connectivity index (χ4n) is 1.75. The highest BCUT2D eigenvalue weighted by Crippen LogP contribution is 2.15. The summed E-state index contributed by atoms with van der Waals surface area (Å²) in [4.78, 5) is 21.7. The molecule has 0 aliphatic rings. The summed E-state index contributed by atoms with van der Waals surface area (Å²) in [5.41, 5.74) is 2.05. The van der Waals surface area contributed by atoms with E-state index in [2.05, 4.69) is 9.84 Å². The number of nitro groups is 1.